The number of halogens is 2. The number of thioether (sulfide) groups is 1. The molecular formula is C39H54Cl2N6O6S. The standard InChI is InChI=1S/C39H54Cl2N6O6S/c1-3-42-37(52)39(25-29-13-6-4-7-14-29)18-12-22-47(27-39)36(51)33(24-30-16-17-31(40)32(41)23-30)46-38(53)45-21-11-10-20-43-34(49)15-8-5-9-19-44-35(50)26-54-28(2)48/h4,6-7,13-14,16-17,23,33H,3,5,8-12,15,18-22,24-27H2,1-2H3,(H,42,52)(H,43,49)(H,44,50)(H2,45,46,53)/t33-,39+/m1/s1. The Morgan fingerprint density at radius 2 is 1.50 bits per heavy atom. The minimum atomic E-state index is -0.926. The molecular weight excluding hydrogens is 751 g/mol. The summed E-state index contributed by atoms with van der Waals surface area (Å²) in [6.45, 7) is 5.78. The minimum Gasteiger partial charge on any atom is -0.356 e. The molecule has 0 aliphatic carbocycles. The van der Waals surface area contributed by atoms with Crippen LogP contribution in [0.25, 0.3) is 0 Å². The average molecular weight is 806 g/mol. The van der Waals surface area contributed by atoms with E-state index in [-0.39, 0.29) is 47.5 Å². The molecule has 0 saturated carbocycles. The van der Waals surface area contributed by atoms with Gasteiger partial charge in [0.15, 0.2) is 5.12 Å². The number of urea groups is 1. The van der Waals surface area contributed by atoms with Gasteiger partial charge in [-0.1, -0.05) is 77.8 Å². The Balaban J connectivity index is 1.49. The zero-order chi connectivity index (χ0) is 39.3. The van der Waals surface area contributed by atoms with Crippen molar-refractivity contribution in [1.82, 2.24) is 31.5 Å². The van der Waals surface area contributed by atoms with Crippen LogP contribution in [0.5, 0.6) is 0 Å². The lowest BCUT2D eigenvalue weighted by atomic mass is 9.74. The van der Waals surface area contributed by atoms with Crippen LogP contribution in [-0.4, -0.2) is 90.7 Å². The van der Waals surface area contributed by atoms with Gasteiger partial charge in [-0.3, -0.25) is 24.0 Å². The zero-order valence-corrected chi connectivity index (χ0v) is 33.6. The molecule has 2 aromatic rings. The Hall–Kier alpha value is -3.81. The number of benzene rings is 2. The number of unbranched alkanes of at least 4 members (excludes halogenated alkanes) is 3. The molecule has 1 aliphatic heterocycles. The Morgan fingerprint density at radius 1 is 0.815 bits per heavy atom. The summed E-state index contributed by atoms with van der Waals surface area (Å²) < 4.78 is 0. The Labute approximate surface area is 333 Å². The fraction of sp³-hybridized carbons (Fsp3) is 0.538. The van der Waals surface area contributed by atoms with Crippen molar-refractivity contribution in [2.24, 2.45) is 5.41 Å². The first-order valence-electron chi connectivity index (χ1n) is 18.7. The molecule has 1 aliphatic rings. The highest BCUT2D eigenvalue weighted by molar-refractivity contribution is 8.14. The van der Waals surface area contributed by atoms with Crippen molar-refractivity contribution in [2.45, 2.75) is 84.1 Å². The summed E-state index contributed by atoms with van der Waals surface area (Å²) in [5.41, 5.74) is 0.926. The van der Waals surface area contributed by atoms with Gasteiger partial charge in [-0.05, 0) is 75.1 Å². The van der Waals surface area contributed by atoms with E-state index >= 15 is 0 Å². The number of amides is 6. The van der Waals surface area contributed by atoms with E-state index in [1.807, 2.05) is 37.3 Å². The van der Waals surface area contributed by atoms with Crippen LogP contribution in [0.15, 0.2) is 48.5 Å². The van der Waals surface area contributed by atoms with E-state index in [2.05, 4.69) is 26.6 Å². The molecule has 1 saturated heterocycles. The van der Waals surface area contributed by atoms with Crippen LogP contribution < -0.4 is 26.6 Å². The lowest BCUT2D eigenvalue weighted by molar-refractivity contribution is -0.143. The SMILES string of the molecule is CCNC(=O)[C@]1(Cc2ccccc2)CCCN(C(=O)[C@@H](Cc2ccc(Cl)c(Cl)c2)NC(=O)NCCCCNC(=O)CCCCCNC(=O)CSC(C)=O)C1. The van der Waals surface area contributed by atoms with E-state index in [4.69, 9.17) is 23.2 Å². The van der Waals surface area contributed by atoms with Gasteiger partial charge < -0.3 is 31.5 Å². The predicted octanol–water partition coefficient (Wildman–Crippen LogP) is 5.04. The second-order valence-corrected chi connectivity index (χ2v) is 15.5. The largest absolute Gasteiger partial charge is 0.356 e. The van der Waals surface area contributed by atoms with Crippen LogP contribution in [-0.2, 0) is 36.8 Å². The number of carbonyl (C=O) groups is 6. The molecule has 296 valence electrons. The topological polar surface area (TPSA) is 166 Å². The molecule has 1 fully saturated rings. The highest BCUT2D eigenvalue weighted by atomic mass is 35.5. The van der Waals surface area contributed by atoms with Gasteiger partial charge in [0.05, 0.1) is 21.2 Å². The van der Waals surface area contributed by atoms with Gasteiger partial charge in [-0.2, -0.15) is 0 Å². The molecule has 54 heavy (non-hydrogen) atoms. The maximum absolute atomic E-state index is 14.2. The fourth-order valence-electron chi connectivity index (χ4n) is 6.40. The third kappa shape index (κ3) is 15.9. The monoisotopic (exact) mass is 804 g/mol. The molecule has 0 bridgehead atoms. The molecule has 1 heterocycles. The first-order chi connectivity index (χ1) is 25.9. The number of rotatable bonds is 21. The Bertz CT molecular complexity index is 1570. The summed E-state index contributed by atoms with van der Waals surface area (Å²) >= 11 is 13.4. The van der Waals surface area contributed by atoms with Gasteiger partial charge in [-0.15, -0.1) is 0 Å². The van der Waals surface area contributed by atoms with Crippen molar-refractivity contribution in [2.75, 3.05) is 45.0 Å². The lowest BCUT2D eigenvalue weighted by Gasteiger charge is -2.43. The summed E-state index contributed by atoms with van der Waals surface area (Å²) in [5, 5.41) is 15.0. The van der Waals surface area contributed by atoms with Gasteiger partial charge in [0.25, 0.3) is 0 Å². The number of hydrogen-bond acceptors (Lipinski definition) is 7. The smallest absolute Gasteiger partial charge is 0.315 e. The number of carbonyl (C=O) groups excluding carboxylic acids is 6. The molecule has 0 radical (unpaired) electrons. The first-order valence-corrected chi connectivity index (χ1v) is 20.4. The van der Waals surface area contributed by atoms with Crippen molar-refractivity contribution < 1.29 is 28.8 Å². The predicted molar refractivity (Wildman–Crippen MR) is 214 cm³/mol. The van der Waals surface area contributed by atoms with Crippen molar-refractivity contribution in [3.8, 4) is 0 Å². The molecule has 0 aromatic heterocycles. The second kappa shape index (κ2) is 23.9. The zero-order valence-electron chi connectivity index (χ0n) is 31.3. The maximum atomic E-state index is 14.2. The number of nitrogens with one attached hydrogen (secondary N) is 5. The van der Waals surface area contributed by atoms with Gasteiger partial charge in [0.2, 0.25) is 23.6 Å². The molecule has 6 amide bonds. The second-order valence-electron chi connectivity index (χ2n) is 13.6. The summed E-state index contributed by atoms with van der Waals surface area (Å²) in [6, 6.07) is 13.5. The van der Waals surface area contributed by atoms with E-state index in [1.165, 1.54) is 6.92 Å². The summed E-state index contributed by atoms with van der Waals surface area (Å²) in [6.07, 6.45) is 5.83. The van der Waals surface area contributed by atoms with Gasteiger partial charge in [0.1, 0.15) is 6.04 Å². The molecule has 0 spiro atoms. The molecule has 5 N–H and O–H groups in total. The maximum Gasteiger partial charge on any atom is 0.315 e. The van der Waals surface area contributed by atoms with Crippen LogP contribution in [0.3, 0.4) is 0 Å². The van der Waals surface area contributed by atoms with E-state index in [0.29, 0.717) is 87.7 Å². The summed E-state index contributed by atoms with van der Waals surface area (Å²) in [7, 11) is 0. The minimum absolute atomic E-state index is 0.0519. The van der Waals surface area contributed by atoms with Crippen LogP contribution in [0.2, 0.25) is 10.0 Å². The lowest BCUT2D eigenvalue weighted by Crippen LogP contribution is -2.59. The normalized spacial score (nSPS) is 15.8. The number of piperidine rings is 1. The Kier molecular flexibility index (Phi) is 19.7. The van der Waals surface area contributed by atoms with E-state index in [9.17, 15) is 28.8 Å². The first kappa shape index (κ1) is 44.6. The number of nitrogens with zero attached hydrogens (tertiary/aromatic N) is 1. The van der Waals surface area contributed by atoms with Gasteiger partial charge in [0, 0.05) is 59.0 Å². The molecule has 2 atom stereocenters. The van der Waals surface area contributed by atoms with Crippen LogP contribution >= 0.6 is 35.0 Å². The molecule has 12 nitrogen and oxygen atoms in total. The van der Waals surface area contributed by atoms with Crippen molar-refractivity contribution >= 4 is 69.7 Å². The third-order valence-electron chi connectivity index (χ3n) is 9.14. The molecule has 0 unspecified atom stereocenters. The van der Waals surface area contributed by atoms with Crippen LogP contribution in [0.1, 0.15) is 76.3 Å². The van der Waals surface area contributed by atoms with Gasteiger partial charge >= 0.3 is 6.03 Å². The molecule has 2 aromatic carbocycles. The quantitative estimate of drug-likeness (QED) is 0.110. The van der Waals surface area contributed by atoms with Crippen molar-refractivity contribution in [3.05, 3.63) is 69.7 Å². The molecule has 3 rings (SSSR count). The average Bonchev–Trinajstić information content (AvgIpc) is 3.15. The van der Waals surface area contributed by atoms with E-state index in [0.717, 1.165) is 35.7 Å². The fourth-order valence-corrected chi connectivity index (χ4v) is 7.16. The van der Waals surface area contributed by atoms with Crippen molar-refractivity contribution in [3.63, 3.8) is 0 Å². The van der Waals surface area contributed by atoms with E-state index in [1.54, 1.807) is 23.1 Å². The summed E-state index contributed by atoms with van der Waals surface area (Å²) in [5.74, 6) is -0.476. The van der Waals surface area contributed by atoms with Crippen LogP contribution in [0.4, 0.5) is 4.79 Å². The van der Waals surface area contributed by atoms with Crippen LogP contribution in [0, 0.1) is 5.41 Å². The third-order valence-corrected chi connectivity index (χ3v) is 10.7. The Morgan fingerprint density at radius 3 is 2.19 bits per heavy atom. The van der Waals surface area contributed by atoms with Crippen molar-refractivity contribution in [1.29, 1.82) is 0 Å². The highest BCUT2D eigenvalue weighted by Crippen LogP contribution is 2.35. The molecule has 15 heteroatoms. The van der Waals surface area contributed by atoms with Gasteiger partial charge in [-0.25, -0.2) is 4.79 Å². The van der Waals surface area contributed by atoms with E-state index < -0.39 is 17.5 Å². The highest BCUT2D eigenvalue weighted by Gasteiger charge is 2.44. The number of hydrogen-bond donors (Lipinski definition) is 5. The summed E-state index contributed by atoms with van der Waals surface area (Å²) in [4.78, 5) is 77.4. The number of likely N-dealkylation sites (tertiary alicyclic amines) is 1.